The number of benzene rings is 1. The number of aromatic nitrogens is 3. The van der Waals surface area contributed by atoms with Crippen molar-refractivity contribution in [2.75, 3.05) is 7.05 Å². The number of nitrogens with one attached hydrogen (secondary N) is 2. The predicted octanol–water partition coefficient (Wildman–Crippen LogP) is 2.51. The maximum Gasteiger partial charge on any atom is 0.343 e. The summed E-state index contributed by atoms with van der Waals surface area (Å²) in [5.74, 6) is 0. The van der Waals surface area contributed by atoms with E-state index in [1.807, 2.05) is 32.2 Å². The molecule has 2 rings (SSSR count). The topological polar surface area (TPSA) is 62.7 Å². The molecule has 0 atom stereocenters. The highest BCUT2D eigenvalue weighted by atomic mass is 35.5. The zero-order chi connectivity index (χ0) is 14.5. The molecule has 0 aliphatic rings. The summed E-state index contributed by atoms with van der Waals surface area (Å²) in [6.45, 7) is 3.42. The van der Waals surface area contributed by atoms with E-state index in [1.165, 1.54) is 11.8 Å². The molecule has 0 spiro atoms. The first-order valence-electron chi connectivity index (χ1n) is 6.41. The van der Waals surface area contributed by atoms with Gasteiger partial charge in [-0.1, -0.05) is 24.6 Å². The molecule has 2 aromatic rings. The Kier molecular flexibility index (Phi) is 5.28. The van der Waals surface area contributed by atoms with Gasteiger partial charge in [0.25, 0.3) is 0 Å². The van der Waals surface area contributed by atoms with E-state index in [9.17, 15) is 4.79 Å². The van der Waals surface area contributed by atoms with Crippen LogP contribution < -0.4 is 11.0 Å². The van der Waals surface area contributed by atoms with Crippen molar-refractivity contribution < 1.29 is 0 Å². The maximum atomic E-state index is 11.7. The third kappa shape index (κ3) is 3.45. The lowest BCUT2D eigenvalue weighted by atomic mass is 10.2. The third-order valence-corrected chi connectivity index (χ3v) is 4.10. The van der Waals surface area contributed by atoms with Gasteiger partial charge in [0.2, 0.25) is 0 Å². The lowest BCUT2D eigenvalue weighted by Crippen LogP contribution is -2.17. The Labute approximate surface area is 126 Å². The van der Waals surface area contributed by atoms with Crippen molar-refractivity contribution in [1.29, 1.82) is 0 Å². The van der Waals surface area contributed by atoms with Crippen LogP contribution in [-0.4, -0.2) is 21.8 Å². The smallest absolute Gasteiger partial charge is 0.316 e. The molecule has 0 bridgehead atoms. The van der Waals surface area contributed by atoms with Gasteiger partial charge in [0.05, 0.1) is 0 Å². The van der Waals surface area contributed by atoms with E-state index in [0.717, 1.165) is 23.4 Å². The van der Waals surface area contributed by atoms with Crippen LogP contribution in [0.4, 0.5) is 0 Å². The number of halogens is 1. The first-order valence-corrected chi connectivity index (χ1v) is 7.61. The van der Waals surface area contributed by atoms with Crippen LogP contribution in [0.2, 0.25) is 5.02 Å². The summed E-state index contributed by atoms with van der Waals surface area (Å²) in [5, 5.41) is 11.0. The summed E-state index contributed by atoms with van der Waals surface area (Å²) in [4.78, 5) is 12.7. The Bertz CT molecular complexity index is 638. The molecule has 0 unspecified atom stereocenters. The summed E-state index contributed by atoms with van der Waals surface area (Å²) in [6, 6.07) is 5.74. The van der Waals surface area contributed by atoms with Gasteiger partial charge in [-0.3, -0.25) is 4.57 Å². The van der Waals surface area contributed by atoms with Gasteiger partial charge in [0.15, 0.2) is 5.16 Å². The Balaban J connectivity index is 2.34. The van der Waals surface area contributed by atoms with Gasteiger partial charge in [0.1, 0.15) is 0 Å². The summed E-state index contributed by atoms with van der Waals surface area (Å²) in [7, 11) is 1.89. The van der Waals surface area contributed by atoms with E-state index >= 15 is 0 Å². The molecule has 0 radical (unpaired) electrons. The number of hydrogen-bond acceptors (Lipinski definition) is 4. The Morgan fingerprint density at radius 3 is 3.00 bits per heavy atom. The largest absolute Gasteiger partial charge is 0.343 e. The number of aromatic amines is 1. The second-order valence-electron chi connectivity index (χ2n) is 4.35. The van der Waals surface area contributed by atoms with Crippen molar-refractivity contribution in [3.05, 3.63) is 39.3 Å². The van der Waals surface area contributed by atoms with E-state index in [2.05, 4.69) is 15.5 Å². The number of H-pyrrole nitrogens is 1. The van der Waals surface area contributed by atoms with Gasteiger partial charge in [-0.2, -0.15) is 0 Å². The zero-order valence-electron chi connectivity index (χ0n) is 11.4. The van der Waals surface area contributed by atoms with Gasteiger partial charge >= 0.3 is 5.69 Å². The molecule has 1 aromatic heterocycles. The first-order chi connectivity index (χ1) is 9.65. The highest BCUT2D eigenvalue weighted by Crippen LogP contribution is 2.30. The lowest BCUT2D eigenvalue weighted by molar-refractivity contribution is 0.603. The third-order valence-electron chi connectivity index (χ3n) is 2.77. The summed E-state index contributed by atoms with van der Waals surface area (Å²) >= 11 is 7.51. The quantitative estimate of drug-likeness (QED) is 0.860. The van der Waals surface area contributed by atoms with Crippen LogP contribution in [0.3, 0.4) is 0 Å². The molecule has 0 aliphatic carbocycles. The normalized spacial score (nSPS) is 10.9. The molecular weight excluding hydrogens is 296 g/mol. The number of rotatable bonds is 6. The maximum absolute atomic E-state index is 11.7. The van der Waals surface area contributed by atoms with Crippen LogP contribution in [-0.2, 0) is 13.1 Å². The summed E-state index contributed by atoms with van der Waals surface area (Å²) in [6.07, 6.45) is 0.881. The number of nitrogens with zero attached hydrogens (tertiary/aromatic N) is 2. The van der Waals surface area contributed by atoms with E-state index < -0.39 is 0 Å². The fourth-order valence-electron chi connectivity index (χ4n) is 1.86. The second-order valence-corrected chi connectivity index (χ2v) is 5.79. The van der Waals surface area contributed by atoms with Gasteiger partial charge in [0, 0.05) is 23.0 Å². The van der Waals surface area contributed by atoms with Crippen LogP contribution in [0.5, 0.6) is 0 Å². The van der Waals surface area contributed by atoms with E-state index in [4.69, 9.17) is 11.6 Å². The van der Waals surface area contributed by atoms with Crippen molar-refractivity contribution in [1.82, 2.24) is 20.1 Å². The van der Waals surface area contributed by atoms with Crippen LogP contribution in [0.1, 0.15) is 18.9 Å². The predicted molar refractivity (Wildman–Crippen MR) is 81.5 cm³/mol. The van der Waals surface area contributed by atoms with Crippen LogP contribution in [0.15, 0.2) is 33.0 Å². The fourth-order valence-corrected chi connectivity index (χ4v) is 3.13. The van der Waals surface area contributed by atoms with Gasteiger partial charge in [-0.05, 0) is 42.9 Å². The van der Waals surface area contributed by atoms with Crippen LogP contribution in [0, 0.1) is 0 Å². The molecular formula is C13H17ClN4OS. The van der Waals surface area contributed by atoms with Gasteiger partial charge < -0.3 is 5.32 Å². The highest BCUT2D eigenvalue weighted by molar-refractivity contribution is 7.99. The monoisotopic (exact) mass is 312 g/mol. The zero-order valence-corrected chi connectivity index (χ0v) is 13.0. The van der Waals surface area contributed by atoms with Crippen molar-refractivity contribution in [3.63, 3.8) is 0 Å². The fraction of sp³-hybridized carbons (Fsp3) is 0.385. The molecule has 108 valence electrons. The molecule has 1 heterocycles. The van der Waals surface area contributed by atoms with E-state index in [-0.39, 0.29) is 5.69 Å². The molecule has 0 saturated carbocycles. The highest BCUT2D eigenvalue weighted by Gasteiger charge is 2.12. The minimum atomic E-state index is -0.174. The summed E-state index contributed by atoms with van der Waals surface area (Å²) < 4.78 is 1.65. The average Bonchev–Trinajstić information content (AvgIpc) is 2.75. The standard InChI is InChI=1S/C13H17ClN4OS/c1-3-6-18-12(19)16-17-13(18)20-11-7-10(14)5-4-9(11)8-15-2/h4-5,7,15H,3,6,8H2,1-2H3,(H,16,19). The van der Waals surface area contributed by atoms with Crippen molar-refractivity contribution >= 4 is 23.4 Å². The first kappa shape index (κ1) is 15.2. The molecule has 5 nitrogen and oxygen atoms in total. The second kappa shape index (κ2) is 6.97. The minimum absolute atomic E-state index is 0.174. The molecule has 2 N–H and O–H groups in total. The molecule has 1 aromatic carbocycles. The van der Waals surface area contributed by atoms with E-state index in [0.29, 0.717) is 16.7 Å². The van der Waals surface area contributed by atoms with Gasteiger partial charge in [-0.25, -0.2) is 9.89 Å². The van der Waals surface area contributed by atoms with Crippen LogP contribution in [0.25, 0.3) is 0 Å². The Morgan fingerprint density at radius 1 is 1.50 bits per heavy atom. The van der Waals surface area contributed by atoms with Crippen molar-refractivity contribution in [2.45, 2.75) is 36.5 Å². The van der Waals surface area contributed by atoms with E-state index in [1.54, 1.807) is 4.57 Å². The Hall–Kier alpha value is -1.24. The molecule has 0 amide bonds. The molecule has 20 heavy (non-hydrogen) atoms. The Morgan fingerprint density at radius 2 is 2.30 bits per heavy atom. The molecule has 7 heteroatoms. The van der Waals surface area contributed by atoms with Gasteiger partial charge in [-0.15, -0.1) is 5.10 Å². The average molecular weight is 313 g/mol. The van der Waals surface area contributed by atoms with Crippen molar-refractivity contribution in [2.24, 2.45) is 0 Å². The lowest BCUT2D eigenvalue weighted by Gasteiger charge is -2.09. The summed E-state index contributed by atoms with van der Waals surface area (Å²) in [5.41, 5.74) is 0.951. The molecule has 0 fully saturated rings. The molecule has 0 saturated heterocycles. The minimum Gasteiger partial charge on any atom is -0.316 e. The van der Waals surface area contributed by atoms with Crippen molar-refractivity contribution in [3.8, 4) is 0 Å². The van der Waals surface area contributed by atoms with Crippen LogP contribution >= 0.6 is 23.4 Å². The SMILES string of the molecule is CCCn1c(Sc2cc(Cl)ccc2CNC)n[nH]c1=O. The molecule has 0 aliphatic heterocycles. The number of hydrogen-bond donors (Lipinski definition) is 2.